The van der Waals surface area contributed by atoms with Crippen molar-refractivity contribution >= 4 is 17.0 Å². The van der Waals surface area contributed by atoms with Gasteiger partial charge >= 0.3 is 12.4 Å². The van der Waals surface area contributed by atoms with Crippen LogP contribution in [0.25, 0.3) is 16.9 Å². The number of nitrogens with one attached hydrogen (secondary N) is 1. The van der Waals surface area contributed by atoms with E-state index in [0.29, 0.717) is 33.9 Å². The van der Waals surface area contributed by atoms with Gasteiger partial charge in [0.05, 0.1) is 23.7 Å². The van der Waals surface area contributed by atoms with E-state index in [1.807, 2.05) is 19.9 Å². The van der Waals surface area contributed by atoms with Gasteiger partial charge in [-0.15, -0.1) is 0 Å². The van der Waals surface area contributed by atoms with E-state index in [1.54, 1.807) is 60.1 Å². The zero-order chi connectivity index (χ0) is 29.2. The van der Waals surface area contributed by atoms with E-state index in [4.69, 9.17) is 4.74 Å². The highest BCUT2D eigenvalue weighted by Crippen LogP contribution is 2.34. The van der Waals surface area contributed by atoms with Crippen molar-refractivity contribution in [1.82, 2.24) is 9.38 Å². The number of imidazole rings is 1. The maximum absolute atomic E-state index is 13.5. The maximum atomic E-state index is 13.5. The SMILES string of the molecule is CC1=C(C(F)(F)F)N=C(c2ccn3c(-c4cc(NC(C)CCC(F)(F)F)cc(OC(C)C)c4)cnc3c2)C=CC1. The number of allylic oxidation sites excluding steroid dienone is 4. The van der Waals surface area contributed by atoms with E-state index in [9.17, 15) is 26.3 Å². The minimum Gasteiger partial charge on any atom is -0.491 e. The van der Waals surface area contributed by atoms with Crippen LogP contribution >= 0.6 is 0 Å². The molecule has 2 aromatic heterocycles. The second-order valence-electron chi connectivity index (χ2n) is 10.1. The molecule has 0 saturated carbocycles. The van der Waals surface area contributed by atoms with Gasteiger partial charge in [0.1, 0.15) is 17.1 Å². The van der Waals surface area contributed by atoms with Crippen molar-refractivity contribution in [2.45, 2.75) is 71.5 Å². The van der Waals surface area contributed by atoms with Crippen LogP contribution in [-0.4, -0.2) is 39.6 Å². The summed E-state index contributed by atoms with van der Waals surface area (Å²) in [6, 6.07) is 8.23. The van der Waals surface area contributed by atoms with Gasteiger partial charge < -0.3 is 10.1 Å². The molecule has 40 heavy (non-hydrogen) atoms. The molecule has 1 N–H and O–H groups in total. The Morgan fingerprint density at radius 3 is 2.45 bits per heavy atom. The lowest BCUT2D eigenvalue weighted by Gasteiger charge is -2.19. The third kappa shape index (κ3) is 7.25. The van der Waals surface area contributed by atoms with Gasteiger partial charge in [-0.3, -0.25) is 4.40 Å². The van der Waals surface area contributed by atoms with Gasteiger partial charge in [0.25, 0.3) is 0 Å². The Balaban J connectivity index is 1.69. The Kier molecular flexibility index (Phi) is 8.32. The van der Waals surface area contributed by atoms with E-state index in [-0.39, 0.29) is 30.2 Å². The lowest BCUT2D eigenvalue weighted by molar-refractivity contribution is -0.135. The molecule has 1 aromatic carbocycles. The largest absolute Gasteiger partial charge is 0.491 e. The maximum Gasteiger partial charge on any atom is 0.433 e. The van der Waals surface area contributed by atoms with Crippen LogP contribution in [0.4, 0.5) is 32.0 Å². The minimum absolute atomic E-state index is 0.0877. The Bertz CT molecular complexity index is 1460. The lowest BCUT2D eigenvalue weighted by Crippen LogP contribution is -2.19. The van der Waals surface area contributed by atoms with Gasteiger partial charge in [-0.25, -0.2) is 9.98 Å². The van der Waals surface area contributed by atoms with E-state index in [2.05, 4.69) is 15.3 Å². The predicted molar refractivity (Wildman–Crippen MR) is 144 cm³/mol. The van der Waals surface area contributed by atoms with E-state index in [0.717, 1.165) is 0 Å². The number of benzene rings is 1. The van der Waals surface area contributed by atoms with Gasteiger partial charge in [0, 0.05) is 41.5 Å². The molecule has 0 amide bonds. The van der Waals surface area contributed by atoms with Crippen LogP contribution in [0.3, 0.4) is 0 Å². The summed E-state index contributed by atoms with van der Waals surface area (Å²) in [5.74, 6) is 0.532. The molecule has 0 fully saturated rings. The third-order valence-electron chi connectivity index (χ3n) is 6.26. The number of alkyl halides is 6. The first-order chi connectivity index (χ1) is 18.7. The molecule has 0 aliphatic carbocycles. The van der Waals surface area contributed by atoms with Gasteiger partial charge in [-0.1, -0.05) is 6.08 Å². The molecule has 0 spiro atoms. The summed E-state index contributed by atoms with van der Waals surface area (Å²) < 4.78 is 86.4. The first-order valence-electron chi connectivity index (χ1n) is 12.8. The van der Waals surface area contributed by atoms with Gasteiger partial charge in [-0.2, -0.15) is 26.3 Å². The molecule has 11 heteroatoms. The average molecular weight is 565 g/mol. The van der Waals surface area contributed by atoms with Crippen molar-refractivity contribution in [2.24, 2.45) is 4.99 Å². The van der Waals surface area contributed by atoms with Crippen LogP contribution in [-0.2, 0) is 0 Å². The number of hydrogen-bond acceptors (Lipinski definition) is 4. The first kappa shape index (κ1) is 29.2. The zero-order valence-electron chi connectivity index (χ0n) is 22.5. The number of nitrogens with zero attached hydrogens (tertiary/aromatic N) is 3. The fourth-order valence-corrected chi connectivity index (χ4v) is 4.42. The number of anilines is 1. The number of rotatable bonds is 8. The highest BCUT2D eigenvalue weighted by molar-refractivity contribution is 6.10. The molecule has 214 valence electrons. The Hall–Kier alpha value is -3.76. The fraction of sp³-hybridized carbons (Fsp3) is 0.379. The zero-order valence-corrected chi connectivity index (χ0v) is 22.5. The van der Waals surface area contributed by atoms with Crippen molar-refractivity contribution in [1.29, 1.82) is 0 Å². The van der Waals surface area contributed by atoms with Gasteiger partial charge in [0.2, 0.25) is 0 Å². The summed E-state index contributed by atoms with van der Waals surface area (Å²) in [4.78, 5) is 8.39. The van der Waals surface area contributed by atoms with Crippen LogP contribution in [0.15, 0.2) is 71.1 Å². The molecule has 3 aromatic rings. The number of fused-ring (bicyclic) bond motifs is 1. The molecule has 1 atom stereocenters. The molecule has 3 heterocycles. The number of hydrogen-bond donors (Lipinski definition) is 1. The Morgan fingerprint density at radius 2 is 1.77 bits per heavy atom. The molecule has 1 unspecified atom stereocenters. The number of pyridine rings is 1. The summed E-state index contributed by atoms with van der Waals surface area (Å²) >= 11 is 0. The second kappa shape index (κ2) is 11.4. The fourth-order valence-electron chi connectivity index (χ4n) is 4.42. The Morgan fingerprint density at radius 1 is 1.02 bits per heavy atom. The van der Waals surface area contributed by atoms with Crippen molar-refractivity contribution in [3.8, 4) is 17.0 Å². The van der Waals surface area contributed by atoms with E-state index < -0.39 is 30.5 Å². The molecule has 0 radical (unpaired) electrons. The number of halogens is 6. The van der Waals surface area contributed by atoms with Crippen molar-refractivity contribution in [3.63, 3.8) is 0 Å². The molecule has 1 aliphatic rings. The smallest absolute Gasteiger partial charge is 0.433 e. The van der Waals surface area contributed by atoms with Crippen molar-refractivity contribution in [3.05, 3.63) is 71.7 Å². The van der Waals surface area contributed by atoms with Gasteiger partial charge in [-0.05, 0) is 76.5 Å². The standard InChI is InChI=1S/C29H30F6N4O/c1-17(2)40-23-13-21(12-22(15-23)37-19(4)8-10-28(30,31)32)25-16-36-26-14-20(9-11-39(25)26)24-7-5-6-18(3)27(38-24)29(33,34)35/h5,7,9,11-17,19,37H,6,8,10H2,1-4H3. The summed E-state index contributed by atoms with van der Waals surface area (Å²) in [5, 5.41) is 3.13. The second-order valence-corrected chi connectivity index (χ2v) is 10.1. The molecular formula is C29H30F6N4O. The normalized spacial score (nSPS) is 15.4. The monoisotopic (exact) mass is 564 g/mol. The molecule has 0 saturated heterocycles. The molecule has 0 bridgehead atoms. The molecule has 4 rings (SSSR count). The van der Waals surface area contributed by atoms with Crippen LogP contribution in [0.1, 0.15) is 52.5 Å². The average Bonchev–Trinajstić information content (AvgIpc) is 3.15. The van der Waals surface area contributed by atoms with Crippen molar-refractivity contribution in [2.75, 3.05) is 5.32 Å². The number of aromatic nitrogens is 2. The summed E-state index contributed by atoms with van der Waals surface area (Å²) in [5.41, 5.74) is 2.37. The molecule has 5 nitrogen and oxygen atoms in total. The van der Waals surface area contributed by atoms with Crippen LogP contribution in [0, 0.1) is 0 Å². The van der Waals surface area contributed by atoms with Crippen LogP contribution < -0.4 is 10.1 Å². The van der Waals surface area contributed by atoms with E-state index in [1.165, 1.54) is 6.92 Å². The predicted octanol–water partition coefficient (Wildman–Crippen LogP) is 8.52. The quantitative estimate of drug-likeness (QED) is 0.279. The number of ether oxygens (including phenoxy) is 1. The molecule has 1 aliphatic heterocycles. The summed E-state index contributed by atoms with van der Waals surface area (Å²) in [6.45, 7) is 6.84. The number of aliphatic imine (C=N–C) groups is 1. The topological polar surface area (TPSA) is 50.9 Å². The summed E-state index contributed by atoms with van der Waals surface area (Å²) in [7, 11) is 0. The lowest BCUT2D eigenvalue weighted by atomic mass is 10.1. The summed E-state index contributed by atoms with van der Waals surface area (Å²) in [6.07, 6.45) is -3.22. The van der Waals surface area contributed by atoms with E-state index >= 15 is 0 Å². The third-order valence-corrected chi connectivity index (χ3v) is 6.26. The first-order valence-corrected chi connectivity index (χ1v) is 12.8. The Labute approximate surface area is 228 Å². The van der Waals surface area contributed by atoms with Crippen LogP contribution in [0.2, 0.25) is 0 Å². The van der Waals surface area contributed by atoms with Crippen molar-refractivity contribution < 1.29 is 31.1 Å². The van der Waals surface area contributed by atoms with Crippen LogP contribution in [0.5, 0.6) is 5.75 Å². The minimum atomic E-state index is -4.56. The molecular weight excluding hydrogens is 534 g/mol. The highest BCUT2D eigenvalue weighted by atomic mass is 19.4. The van der Waals surface area contributed by atoms with Gasteiger partial charge in [0.15, 0.2) is 0 Å². The highest BCUT2D eigenvalue weighted by Gasteiger charge is 2.36.